The summed E-state index contributed by atoms with van der Waals surface area (Å²) in [6.07, 6.45) is -1.84. The van der Waals surface area contributed by atoms with Gasteiger partial charge in [-0.1, -0.05) is 39.3 Å². The van der Waals surface area contributed by atoms with E-state index in [-0.39, 0.29) is 17.7 Å². The largest absolute Gasteiger partial charge is 0.463 e. The number of halogens is 3. The van der Waals surface area contributed by atoms with Crippen LogP contribution in [0.1, 0.15) is 38.3 Å². The molecule has 1 heterocycles. The van der Waals surface area contributed by atoms with E-state index in [9.17, 15) is 13.2 Å². The second-order valence-corrected chi connectivity index (χ2v) is 6.57. The van der Waals surface area contributed by atoms with Gasteiger partial charge in [-0.3, -0.25) is 0 Å². The van der Waals surface area contributed by atoms with Crippen LogP contribution in [0.3, 0.4) is 0 Å². The first-order valence-electron chi connectivity index (χ1n) is 8.62. The predicted octanol–water partition coefficient (Wildman–Crippen LogP) is 5.25. The molecule has 1 aromatic heterocycles. The number of anilines is 2. The van der Waals surface area contributed by atoms with Crippen LogP contribution in [-0.4, -0.2) is 23.6 Å². The van der Waals surface area contributed by atoms with E-state index in [0.717, 1.165) is 24.6 Å². The van der Waals surface area contributed by atoms with Crippen molar-refractivity contribution < 1.29 is 17.9 Å². The maximum atomic E-state index is 13.4. The molecule has 7 heteroatoms. The van der Waals surface area contributed by atoms with E-state index in [2.05, 4.69) is 16.9 Å². The number of ether oxygens (including phenoxy) is 1. The summed E-state index contributed by atoms with van der Waals surface area (Å²) < 4.78 is 45.6. The zero-order valence-electron chi connectivity index (χ0n) is 15.5. The van der Waals surface area contributed by atoms with E-state index in [1.54, 1.807) is 19.2 Å². The van der Waals surface area contributed by atoms with Crippen LogP contribution < -0.4 is 9.64 Å². The van der Waals surface area contributed by atoms with E-state index in [4.69, 9.17) is 4.74 Å². The lowest BCUT2D eigenvalue weighted by atomic mass is 10.1. The van der Waals surface area contributed by atoms with Gasteiger partial charge in [-0.15, -0.1) is 0 Å². The minimum atomic E-state index is -4.55. The fourth-order valence-electron chi connectivity index (χ4n) is 2.42. The fraction of sp³-hybridized carbons (Fsp3) is 0.474. The van der Waals surface area contributed by atoms with Gasteiger partial charge < -0.3 is 9.64 Å². The van der Waals surface area contributed by atoms with Gasteiger partial charge in [0.05, 0.1) is 6.61 Å². The molecule has 0 saturated heterocycles. The highest BCUT2D eigenvalue weighted by Crippen LogP contribution is 2.37. The standard InChI is InChI=1S/C19H24F3N3O/c1-5-6-14-7-9-15(10-8-14)25(4)17-16(19(20,21)22)11-23-18(24-17)26-12-13(2)3/h7-11,13H,5-6,12H2,1-4H3. The molecular weight excluding hydrogens is 343 g/mol. The van der Waals surface area contributed by atoms with Gasteiger partial charge in [-0.2, -0.15) is 18.2 Å². The summed E-state index contributed by atoms with van der Waals surface area (Å²) in [5.41, 5.74) is 0.864. The van der Waals surface area contributed by atoms with Gasteiger partial charge in [0, 0.05) is 18.9 Å². The van der Waals surface area contributed by atoms with Crippen LogP contribution in [0, 0.1) is 5.92 Å². The molecule has 0 radical (unpaired) electrons. The highest BCUT2D eigenvalue weighted by atomic mass is 19.4. The summed E-state index contributed by atoms with van der Waals surface area (Å²) >= 11 is 0. The van der Waals surface area contributed by atoms with Crippen molar-refractivity contribution in [2.45, 2.75) is 39.8 Å². The summed E-state index contributed by atoms with van der Waals surface area (Å²) in [6.45, 7) is 6.29. The topological polar surface area (TPSA) is 38.2 Å². The summed E-state index contributed by atoms with van der Waals surface area (Å²) in [7, 11) is 1.55. The first kappa shape index (κ1) is 20.0. The zero-order chi connectivity index (χ0) is 19.3. The molecule has 0 spiro atoms. The lowest BCUT2D eigenvalue weighted by molar-refractivity contribution is -0.137. The Morgan fingerprint density at radius 1 is 1.15 bits per heavy atom. The van der Waals surface area contributed by atoms with Crippen LogP contribution in [0.15, 0.2) is 30.5 Å². The number of alkyl halides is 3. The molecule has 0 aliphatic heterocycles. The number of aromatic nitrogens is 2. The normalized spacial score (nSPS) is 11.7. The van der Waals surface area contributed by atoms with Gasteiger partial charge in [0.25, 0.3) is 0 Å². The third-order valence-corrected chi connectivity index (χ3v) is 3.78. The maximum Gasteiger partial charge on any atom is 0.421 e. The van der Waals surface area contributed by atoms with Crippen molar-refractivity contribution in [3.63, 3.8) is 0 Å². The summed E-state index contributed by atoms with van der Waals surface area (Å²) in [4.78, 5) is 9.14. The molecule has 0 atom stereocenters. The van der Waals surface area contributed by atoms with E-state index < -0.39 is 11.7 Å². The Morgan fingerprint density at radius 3 is 2.35 bits per heavy atom. The molecule has 2 aromatic rings. The Balaban J connectivity index is 2.37. The molecule has 0 amide bonds. The van der Waals surface area contributed by atoms with Crippen molar-refractivity contribution in [2.75, 3.05) is 18.6 Å². The summed E-state index contributed by atoms with van der Waals surface area (Å²) in [6, 6.07) is 7.36. The van der Waals surface area contributed by atoms with Crippen LogP contribution in [0.25, 0.3) is 0 Å². The molecule has 0 unspecified atom stereocenters. The van der Waals surface area contributed by atoms with Crippen LogP contribution >= 0.6 is 0 Å². The molecule has 0 aliphatic carbocycles. The molecule has 0 aliphatic rings. The van der Waals surface area contributed by atoms with Gasteiger partial charge in [0.15, 0.2) is 5.82 Å². The number of benzene rings is 1. The van der Waals surface area contributed by atoms with Crippen LogP contribution in [0.4, 0.5) is 24.7 Å². The van der Waals surface area contributed by atoms with Gasteiger partial charge in [-0.25, -0.2) is 4.98 Å². The molecule has 1 aromatic carbocycles. The SMILES string of the molecule is CCCc1ccc(N(C)c2nc(OCC(C)C)ncc2C(F)(F)F)cc1. The highest BCUT2D eigenvalue weighted by Gasteiger charge is 2.36. The zero-order valence-corrected chi connectivity index (χ0v) is 15.5. The van der Waals surface area contributed by atoms with Crippen LogP contribution in [0.5, 0.6) is 6.01 Å². The van der Waals surface area contributed by atoms with E-state index in [1.165, 1.54) is 4.90 Å². The molecule has 0 fully saturated rings. The molecular formula is C19H24F3N3O. The third-order valence-electron chi connectivity index (χ3n) is 3.78. The Hall–Kier alpha value is -2.31. The second kappa shape index (κ2) is 8.38. The number of aryl methyl sites for hydroxylation is 1. The predicted molar refractivity (Wildman–Crippen MR) is 95.9 cm³/mol. The monoisotopic (exact) mass is 367 g/mol. The average Bonchev–Trinajstić information content (AvgIpc) is 2.59. The van der Waals surface area contributed by atoms with Crippen molar-refractivity contribution in [2.24, 2.45) is 5.92 Å². The Labute approximate surface area is 152 Å². The van der Waals surface area contributed by atoms with Crippen molar-refractivity contribution in [3.8, 4) is 6.01 Å². The molecule has 142 valence electrons. The minimum absolute atomic E-state index is 0.0591. The third kappa shape index (κ3) is 5.09. The first-order valence-corrected chi connectivity index (χ1v) is 8.62. The van der Waals surface area contributed by atoms with Gasteiger partial charge in [-0.05, 0) is 30.0 Å². The minimum Gasteiger partial charge on any atom is -0.463 e. The number of hydrogen-bond acceptors (Lipinski definition) is 4. The van der Waals surface area contributed by atoms with Crippen molar-refractivity contribution in [1.29, 1.82) is 0 Å². The van der Waals surface area contributed by atoms with Crippen molar-refractivity contribution in [1.82, 2.24) is 9.97 Å². The average molecular weight is 367 g/mol. The number of rotatable bonds is 7. The van der Waals surface area contributed by atoms with Crippen molar-refractivity contribution >= 4 is 11.5 Å². The first-order chi connectivity index (χ1) is 12.2. The van der Waals surface area contributed by atoms with Gasteiger partial charge >= 0.3 is 12.2 Å². The van der Waals surface area contributed by atoms with E-state index in [0.29, 0.717) is 12.3 Å². The second-order valence-electron chi connectivity index (χ2n) is 6.57. The van der Waals surface area contributed by atoms with Crippen LogP contribution in [0.2, 0.25) is 0 Å². The van der Waals surface area contributed by atoms with E-state index >= 15 is 0 Å². The number of hydrogen-bond donors (Lipinski definition) is 0. The molecule has 4 nitrogen and oxygen atoms in total. The van der Waals surface area contributed by atoms with Crippen LogP contribution in [-0.2, 0) is 12.6 Å². The Kier molecular flexibility index (Phi) is 6.45. The number of nitrogens with zero attached hydrogens (tertiary/aromatic N) is 3. The smallest absolute Gasteiger partial charge is 0.421 e. The quantitative estimate of drug-likeness (QED) is 0.670. The molecule has 26 heavy (non-hydrogen) atoms. The molecule has 0 bridgehead atoms. The lowest BCUT2D eigenvalue weighted by Gasteiger charge is -2.23. The fourth-order valence-corrected chi connectivity index (χ4v) is 2.42. The molecule has 2 rings (SSSR count). The maximum absolute atomic E-state index is 13.4. The molecule has 0 saturated carbocycles. The Morgan fingerprint density at radius 2 is 1.81 bits per heavy atom. The Bertz CT molecular complexity index is 715. The summed E-state index contributed by atoms with van der Waals surface area (Å²) in [5.74, 6) is -0.0114. The highest BCUT2D eigenvalue weighted by molar-refractivity contribution is 5.63. The molecule has 0 N–H and O–H groups in total. The van der Waals surface area contributed by atoms with E-state index in [1.807, 2.05) is 26.0 Å². The van der Waals surface area contributed by atoms with Crippen molar-refractivity contribution in [3.05, 3.63) is 41.6 Å². The summed E-state index contributed by atoms with van der Waals surface area (Å²) in [5, 5.41) is 0. The van der Waals surface area contributed by atoms with Gasteiger partial charge in [0.1, 0.15) is 5.56 Å². The lowest BCUT2D eigenvalue weighted by Crippen LogP contribution is -2.20. The van der Waals surface area contributed by atoms with Gasteiger partial charge in [0.2, 0.25) is 0 Å².